The second-order valence-corrected chi connectivity index (χ2v) is 5.33. The SMILES string of the molecule is C1=CCC2C(=C1)C(c1cccnc1)=CN2c1ccccc1. The molecule has 1 aliphatic carbocycles. The Bertz CT molecular complexity index is 727. The summed E-state index contributed by atoms with van der Waals surface area (Å²) < 4.78 is 0. The van der Waals surface area contributed by atoms with E-state index in [0.717, 1.165) is 6.42 Å². The third-order valence-electron chi connectivity index (χ3n) is 4.07. The van der Waals surface area contributed by atoms with Crippen LogP contribution < -0.4 is 4.90 Å². The van der Waals surface area contributed by atoms with Crippen LogP contribution in [0.25, 0.3) is 5.57 Å². The lowest BCUT2D eigenvalue weighted by atomic mass is 9.92. The lowest BCUT2D eigenvalue weighted by molar-refractivity contribution is 0.779. The van der Waals surface area contributed by atoms with Gasteiger partial charge < -0.3 is 4.90 Å². The molecule has 2 nitrogen and oxygen atoms in total. The first kappa shape index (κ1) is 12.2. The number of allylic oxidation sites excluding steroid dienone is 2. The molecule has 0 radical (unpaired) electrons. The van der Waals surface area contributed by atoms with Crippen LogP contribution in [0.1, 0.15) is 12.0 Å². The van der Waals surface area contributed by atoms with Gasteiger partial charge in [0.1, 0.15) is 0 Å². The Morgan fingerprint density at radius 1 is 1.05 bits per heavy atom. The normalized spacial score (nSPS) is 20.0. The van der Waals surface area contributed by atoms with Gasteiger partial charge in [0.05, 0.1) is 6.04 Å². The Kier molecular flexibility index (Phi) is 2.93. The van der Waals surface area contributed by atoms with Crippen LogP contribution in [0.5, 0.6) is 0 Å². The van der Waals surface area contributed by atoms with Crippen LogP contribution in [0.2, 0.25) is 0 Å². The Labute approximate surface area is 124 Å². The minimum absolute atomic E-state index is 0.396. The van der Waals surface area contributed by atoms with Gasteiger partial charge in [-0.25, -0.2) is 0 Å². The van der Waals surface area contributed by atoms with Crippen LogP contribution in [0.4, 0.5) is 5.69 Å². The molecule has 0 amide bonds. The van der Waals surface area contributed by atoms with Gasteiger partial charge in [-0.05, 0) is 30.2 Å². The van der Waals surface area contributed by atoms with Crippen LogP contribution >= 0.6 is 0 Å². The molecule has 2 heterocycles. The maximum Gasteiger partial charge on any atom is 0.0627 e. The van der Waals surface area contributed by atoms with Gasteiger partial charge in [0.25, 0.3) is 0 Å². The zero-order valence-electron chi connectivity index (χ0n) is 11.7. The number of pyridine rings is 1. The lowest BCUT2D eigenvalue weighted by Gasteiger charge is -2.27. The van der Waals surface area contributed by atoms with Crippen LogP contribution in [0, 0.1) is 0 Å². The second-order valence-electron chi connectivity index (χ2n) is 5.33. The Balaban J connectivity index is 1.82. The highest BCUT2D eigenvalue weighted by molar-refractivity contribution is 5.87. The van der Waals surface area contributed by atoms with Crippen molar-refractivity contribution in [3.05, 3.63) is 90.4 Å². The standard InChI is InChI=1S/C19H16N2/c1-2-8-16(9-3-1)21-14-18(15-7-6-12-20-13-15)17-10-4-5-11-19(17)21/h1-10,12-14,19H,11H2. The van der Waals surface area contributed by atoms with Crippen molar-refractivity contribution >= 4 is 11.3 Å². The highest BCUT2D eigenvalue weighted by Crippen LogP contribution is 2.40. The maximum absolute atomic E-state index is 4.26. The minimum Gasteiger partial charge on any atom is -0.340 e. The van der Waals surface area contributed by atoms with E-state index in [2.05, 4.69) is 70.7 Å². The molecule has 1 unspecified atom stereocenters. The summed E-state index contributed by atoms with van der Waals surface area (Å²) in [6.07, 6.45) is 13.7. The average Bonchev–Trinajstić information content (AvgIpc) is 2.96. The van der Waals surface area contributed by atoms with Crippen molar-refractivity contribution in [2.45, 2.75) is 12.5 Å². The van der Waals surface area contributed by atoms with Gasteiger partial charge in [-0.2, -0.15) is 0 Å². The van der Waals surface area contributed by atoms with Crippen molar-refractivity contribution < 1.29 is 0 Å². The number of rotatable bonds is 2. The first-order valence-corrected chi connectivity index (χ1v) is 7.26. The van der Waals surface area contributed by atoms with E-state index < -0.39 is 0 Å². The number of nitrogens with zero attached hydrogens (tertiary/aromatic N) is 2. The zero-order valence-corrected chi connectivity index (χ0v) is 11.7. The number of para-hydroxylation sites is 1. The Hall–Kier alpha value is -2.61. The van der Waals surface area contributed by atoms with E-state index >= 15 is 0 Å². The fourth-order valence-corrected chi connectivity index (χ4v) is 3.07. The van der Waals surface area contributed by atoms with Crippen molar-refractivity contribution in [2.75, 3.05) is 4.90 Å². The summed E-state index contributed by atoms with van der Waals surface area (Å²) in [7, 11) is 0. The van der Waals surface area contributed by atoms with Crippen molar-refractivity contribution in [3.63, 3.8) is 0 Å². The van der Waals surface area contributed by atoms with Crippen LogP contribution in [0.3, 0.4) is 0 Å². The topological polar surface area (TPSA) is 16.1 Å². The van der Waals surface area contributed by atoms with E-state index in [4.69, 9.17) is 0 Å². The first-order chi connectivity index (χ1) is 10.4. The van der Waals surface area contributed by atoms with E-state index in [1.54, 1.807) is 0 Å². The molecule has 1 aromatic carbocycles. The predicted octanol–water partition coefficient (Wildman–Crippen LogP) is 4.20. The molecular weight excluding hydrogens is 256 g/mol. The second kappa shape index (κ2) is 5.06. The Morgan fingerprint density at radius 3 is 2.76 bits per heavy atom. The molecule has 1 atom stereocenters. The van der Waals surface area contributed by atoms with Crippen molar-refractivity contribution in [1.82, 2.24) is 4.98 Å². The van der Waals surface area contributed by atoms with Crippen molar-refractivity contribution in [1.29, 1.82) is 0 Å². The number of anilines is 1. The summed E-state index contributed by atoms with van der Waals surface area (Å²) in [5, 5.41) is 0. The van der Waals surface area contributed by atoms with Gasteiger partial charge in [-0.3, -0.25) is 4.98 Å². The third-order valence-corrected chi connectivity index (χ3v) is 4.07. The maximum atomic E-state index is 4.26. The molecule has 1 aliphatic heterocycles. The summed E-state index contributed by atoms with van der Waals surface area (Å²) >= 11 is 0. The average molecular weight is 272 g/mol. The Morgan fingerprint density at radius 2 is 1.95 bits per heavy atom. The van der Waals surface area contributed by atoms with E-state index in [1.165, 1.54) is 22.4 Å². The van der Waals surface area contributed by atoms with Gasteiger partial charge in [-0.1, -0.05) is 42.5 Å². The minimum atomic E-state index is 0.396. The highest BCUT2D eigenvalue weighted by atomic mass is 15.2. The molecule has 0 saturated heterocycles. The molecule has 0 spiro atoms. The number of aromatic nitrogens is 1. The fourth-order valence-electron chi connectivity index (χ4n) is 3.07. The van der Waals surface area contributed by atoms with Gasteiger partial charge >= 0.3 is 0 Å². The van der Waals surface area contributed by atoms with Crippen molar-refractivity contribution in [3.8, 4) is 0 Å². The van der Waals surface area contributed by atoms with Crippen molar-refractivity contribution in [2.24, 2.45) is 0 Å². The van der Waals surface area contributed by atoms with Gasteiger partial charge in [0.15, 0.2) is 0 Å². The lowest BCUT2D eigenvalue weighted by Crippen LogP contribution is -2.28. The summed E-state index contributed by atoms with van der Waals surface area (Å²) in [5.41, 5.74) is 5.08. The number of hydrogen-bond acceptors (Lipinski definition) is 2. The summed E-state index contributed by atoms with van der Waals surface area (Å²) in [6, 6.07) is 15.1. The zero-order chi connectivity index (χ0) is 14.1. The number of fused-ring (bicyclic) bond motifs is 1. The van der Waals surface area contributed by atoms with E-state index in [0.29, 0.717) is 6.04 Å². The highest BCUT2D eigenvalue weighted by Gasteiger charge is 2.31. The largest absolute Gasteiger partial charge is 0.340 e. The summed E-state index contributed by atoms with van der Waals surface area (Å²) in [5.74, 6) is 0. The third kappa shape index (κ3) is 2.09. The van der Waals surface area contributed by atoms with E-state index in [-0.39, 0.29) is 0 Å². The molecule has 1 aromatic heterocycles. The van der Waals surface area contributed by atoms with Crippen LogP contribution in [-0.2, 0) is 0 Å². The molecule has 0 N–H and O–H groups in total. The molecule has 0 bridgehead atoms. The molecule has 21 heavy (non-hydrogen) atoms. The molecule has 0 fully saturated rings. The predicted molar refractivity (Wildman–Crippen MR) is 86.8 cm³/mol. The first-order valence-electron chi connectivity index (χ1n) is 7.26. The molecule has 4 rings (SSSR count). The number of hydrogen-bond donors (Lipinski definition) is 0. The molecule has 0 saturated carbocycles. The monoisotopic (exact) mass is 272 g/mol. The molecular formula is C19H16N2. The summed E-state index contributed by atoms with van der Waals surface area (Å²) in [4.78, 5) is 6.63. The smallest absolute Gasteiger partial charge is 0.0627 e. The number of benzene rings is 1. The van der Waals surface area contributed by atoms with Crippen LogP contribution in [0.15, 0.2) is 84.9 Å². The van der Waals surface area contributed by atoms with Gasteiger partial charge in [-0.15, -0.1) is 0 Å². The van der Waals surface area contributed by atoms with E-state index in [1.807, 2.05) is 18.5 Å². The summed E-state index contributed by atoms with van der Waals surface area (Å²) in [6.45, 7) is 0. The molecule has 102 valence electrons. The van der Waals surface area contributed by atoms with Gasteiger partial charge in [0, 0.05) is 35.4 Å². The van der Waals surface area contributed by atoms with E-state index in [9.17, 15) is 0 Å². The van der Waals surface area contributed by atoms with Crippen LogP contribution in [-0.4, -0.2) is 11.0 Å². The fraction of sp³-hybridized carbons (Fsp3) is 0.105. The van der Waals surface area contributed by atoms with Gasteiger partial charge in [0.2, 0.25) is 0 Å². The molecule has 2 heteroatoms. The molecule has 2 aromatic rings. The quantitative estimate of drug-likeness (QED) is 0.814. The molecule has 2 aliphatic rings.